The summed E-state index contributed by atoms with van der Waals surface area (Å²) >= 11 is 6.04. The highest BCUT2D eigenvalue weighted by atomic mass is 35.5. The summed E-state index contributed by atoms with van der Waals surface area (Å²) in [5, 5.41) is 3.60. The molecule has 148 valence electrons. The van der Waals surface area contributed by atoms with Crippen LogP contribution in [-0.4, -0.2) is 43.0 Å². The Morgan fingerprint density at radius 2 is 1.86 bits per heavy atom. The zero-order valence-corrected chi connectivity index (χ0v) is 16.7. The van der Waals surface area contributed by atoms with E-state index in [4.69, 9.17) is 16.3 Å². The molecule has 28 heavy (non-hydrogen) atoms. The van der Waals surface area contributed by atoms with Gasteiger partial charge in [-0.15, -0.1) is 0 Å². The Morgan fingerprint density at radius 1 is 1.14 bits per heavy atom. The number of methoxy groups -OCH3 is 1. The second kappa shape index (κ2) is 9.60. The molecule has 0 aromatic heterocycles. The van der Waals surface area contributed by atoms with Crippen LogP contribution in [0.15, 0.2) is 48.5 Å². The molecule has 2 aromatic carbocycles. The van der Waals surface area contributed by atoms with E-state index in [-0.39, 0.29) is 17.9 Å². The van der Waals surface area contributed by atoms with Crippen LogP contribution in [-0.2, 0) is 11.2 Å². The molecule has 1 aliphatic rings. The van der Waals surface area contributed by atoms with E-state index >= 15 is 0 Å². The molecule has 0 bridgehead atoms. The molecule has 0 saturated carbocycles. The summed E-state index contributed by atoms with van der Waals surface area (Å²) in [5.41, 5.74) is 1.63. The smallest absolute Gasteiger partial charge is 0.257 e. The van der Waals surface area contributed by atoms with Gasteiger partial charge in [-0.25, -0.2) is 0 Å². The number of ether oxygens (including phenoxy) is 1. The van der Waals surface area contributed by atoms with Crippen molar-refractivity contribution in [1.29, 1.82) is 0 Å². The van der Waals surface area contributed by atoms with E-state index in [0.29, 0.717) is 35.8 Å². The van der Waals surface area contributed by atoms with Crippen LogP contribution in [0.3, 0.4) is 0 Å². The first kappa shape index (κ1) is 20.2. The molecule has 0 radical (unpaired) electrons. The third-order valence-electron chi connectivity index (χ3n) is 5.02. The van der Waals surface area contributed by atoms with Crippen molar-refractivity contribution >= 4 is 23.4 Å². The first-order chi connectivity index (χ1) is 13.6. The van der Waals surface area contributed by atoms with Gasteiger partial charge >= 0.3 is 0 Å². The van der Waals surface area contributed by atoms with E-state index in [2.05, 4.69) is 5.32 Å². The highest BCUT2D eigenvalue weighted by molar-refractivity contribution is 6.31. The van der Waals surface area contributed by atoms with Gasteiger partial charge in [0, 0.05) is 30.6 Å². The highest BCUT2D eigenvalue weighted by Gasteiger charge is 2.26. The maximum atomic E-state index is 12.8. The number of benzene rings is 2. The van der Waals surface area contributed by atoms with Gasteiger partial charge in [0.1, 0.15) is 5.75 Å². The number of piperidine rings is 1. The second-order valence-electron chi connectivity index (χ2n) is 6.96. The summed E-state index contributed by atoms with van der Waals surface area (Å²) < 4.78 is 5.29. The average molecular weight is 401 g/mol. The van der Waals surface area contributed by atoms with Crippen LogP contribution in [0, 0.1) is 0 Å². The number of nitrogens with zero attached hydrogens (tertiary/aromatic N) is 1. The van der Waals surface area contributed by atoms with E-state index < -0.39 is 0 Å². The van der Waals surface area contributed by atoms with Crippen molar-refractivity contribution in [3.63, 3.8) is 0 Å². The molecular formula is C22H25ClN2O3. The minimum absolute atomic E-state index is 0.0603. The summed E-state index contributed by atoms with van der Waals surface area (Å²) in [4.78, 5) is 26.8. The lowest BCUT2D eigenvalue weighted by molar-refractivity contribution is -0.122. The SMILES string of the molecule is COc1ccc(Cl)cc1C(=O)N1CCC(NC(=O)CCc2ccccc2)CC1. The molecule has 0 unspecified atom stereocenters. The van der Waals surface area contributed by atoms with E-state index in [1.54, 1.807) is 23.1 Å². The molecule has 5 nitrogen and oxygen atoms in total. The largest absolute Gasteiger partial charge is 0.496 e. The average Bonchev–Trinajstić information content (AvgIpc) is 2.73. The molecule has 1 N–H and O–H groups in total. The van der Waals surface area contributed by atoms with Gasteiger partial charge < -0.3 is 15.0 Å². The fraction of sp³-hybridized carbons (Fsp3) is 0.364. The van der Waals surface area contributed by atoms with E-state index in [0.717, 1.165) is 24.8 Å². The van der Waals surface area contributed by atoms with Gasteiger partial charge in [0.15, 0.2) is 0 Å². The predicted molar refractivity (Wildman–Crippen MR) is 110 cm³/mol. The van der Waals surface area contributed by atoms with Crippen LogP contribution in [0.4, 0.5) is 0 Å². The van der Waals surface area contributed by atoms with Crippen LogP contribution in [0.5, 0.6) is 5.75 Å². The lowest BCUT2D eigenvalue weighted by Crippen LogP contribution is -2.46. The van der Waals surface area contributed by atoms with Crippen LogP contribution >= 0.6 is 11.6 Å². The van der Waals surface area contributed by atoms with Gasteiger partial charge in [0.05, 0.1) is 12.7 Å². The lowest BCUT2D eigenvalue weighted by Gasteiger charge is -2.32. The Kier molecular flexibility index (Phi) is 6.93. The standard InChI is InChI=1S/C22H25ClN2O3/c1-28-20-9-8-17(23)15-19(20)22(27)25-13-11-18(12-14-25)24-21(26)10-7-16-5-3-2-4-6-16/h2-6,8-9,15,18H,7,10-14H2,1H3,(H,24,26). The Labute approximate surface area is 170 Å². The number of hydrogen-bond donors (Lipinski definition) is 1. The number of carbonyl (C=O) groups excluding carboxylic acids is 2. The molecule has 1 heterocycles. The zero-order valence-electron chi connectivity index (χ0n) is 16.0. The van der Waals surface area contributed by atoms with Crippen LogP contribution < -0.4 is 10.1 Å². The van der Waals surface area contributed by atoms with E-state index in [1.165, 1.54) is 7.11 Å². The molecule has 0 spiro atoms. The number of nitrogens with one attached hydrogen (secondary N) is 1. The Balaban J connectivity index is 1.48. The summed E-state index contributed by atoms with van der Waals surface area (Å²) in [5.74, 6) is 0.490. The number of halogens is 1. The monoisotopic (exact) mass is 400 g/mol. The molecule has 1 fully saturated rings. The van der Waals surface area contributed by atoms with Gasteiger partial charge in [-0.3, -0.25) is 9.59 Å². The maximum absolute atomic E-state index is 12.8. The van der Waals surface area contributed by atoms with Gasteiger partial charge in [-0.2, -0.15) is 0 Å². The normalized spacial score (nSPS) is 14.6. The predicted octanol–water partition coefficient (Wildman–Crippen LogP) is 3.70. The summed E-state index contributed by atoms with van der Waals surface area (Å²) in [6.07, 6.45) is 2.69. The van der Waals surface area contributed by atoms with E-state index in [9.17, 15) is 9.59 Å². The Hall–Kier alpha value is -2.53. The summed E-state index contributed by atoms with van der Waals surface area (Å²) in [6.45, 7) is 1.19. The number of carbonyl (C=O) groups is 2. The molecule has 3 rings (SSSR count). The molecule has 6 heteroatoms. The van der Waals surface area contributed by atoms with Crippen molar-refractivity contribution in [2.24, 2.45) is 0 Å². The minimum Gasteiger partial charge on any atom is -0.496 e. The third kappa shape index (κ3) is 5.26. The van der Waals surface area contributed by atoms with Crippen molar-refractivity contribution in [2.75, 3.05) is 20.2 Å². The Bertz CT molecular complexity index is 818. The fourth-order valence-electron chi connectivity index (χ4n) is 3.45. The van der Waals surface area contributed by atoms with Gasteiger partial charge in [-0.1, -0.05) is 41.9 Å². The van der Waals surface area contributed by atoms with Crippen molar-refractivity contribution < 1.29 is 14.3 Å². The third-order valence-corrected chi connectivity index (χ3v) is 5.26. The highest BCUT2D eigenvalue weighted by Crippen LogP contribution is 2.25. The number of rotatable bonds is 6. The molecule has 0 aliphatic carbocycles. The molecule has 2 aromatic rings. The van der Waals surface area contributed by atoms with Crippen LogP contribution in [0.1, 0.15) is 35.2 Å². The first-order valence-electron chi connectivity index (χ1n) is 9.53. The number of aryl methyl sites for hydroxylation is 1. The zero-order chi connectivity index (χ0) is 19.9. The van der Waals surface area contributed by atoms with Gasteiger partial charge in [0.25, 0.3) is 5.91 Å². The van der Waals surface area contributed by atoms with Crippen LogP contribution in [0.25, 0.3) is 0 Å². The number of likely N-dealkylation sites (tertiary alicyclic amines) is 1. The Morgan fingerprint density at radius 3 is 2.54 bits per heavy atom. The number of amides is 2. The second-order valence-corrected chi connectivity index (χ2v) is 7.40. The molecular weight excluding hydrogens is 376 g/mol. The first-order valence-corrected chi connectivity index (χ1v) is 9.90. The fourth-order valence-corrected chi connectivity index (χ4v) is 3.62. The van der Waals surface area contributed by atoms with Crippen molar-refractivity contribution in [2.45, 2.75) is 31.7 Å². The topological polar surface area (TPSA) is 58.6 Å². The molecule has 1 aliphatic heterocycles. The molecule has 2 amide bonds. The summed E-state index contributed by atoms with van der Waals surface area (Å²) in [6, 6.07) is 15.1. The van der Waals surface area contributed by atoms with Crippen molar-refractivity contribution in [3.05, 3.63) is 64.7 Å². The molecule has 1 saturated heterocycles. The van der Waals surface area contributed by atoms with Gasteiger partial charge in [-0.05, 0) is 43.0 Å². The quantitative estimate of drug-likeness (QED) is 0.804. The molecule has 0 atom stereocenters. The van der Waals surface area contributed by atoms with Crippen molar-refractivity contribution in [1.82, 2.24) is 10.2 Å². The van der Waals surface area contributed by atoms with Crippen molar-refractivity contribution in [3.8, 4) is 5.75 Å². The lowest BCUT2D eigenvalue weighted by atomic mass is 10.0. The van der Waals surface area contributed by atoms with Crippen LogP contribution in [0.2, 0.25) is 5.02 Å². The summed E-state index contributed by atoms with van der Waals surface area (Å²) in [7, 11) is 1.54. The van der Waals surface area contributed by atoms with Gasteiger partial charge in [0.2, 0.25) is 5.91 Å². The minimum atomic E-state index is -0.0896. The number of hydrogen-bond acceptors (Lipinski definition) is 3. The maximum Gasteiger partial charge on any atom is 0.257 e. The van der Waals surface area contributed by atoms with E-state index in [1.807, 2.05) is 30.3 Å².